The molecule has 0 aliphatic rings. The highest BCUT2D eigenvalue weighted by Crippen LogP contribution is 2.24. The second kappa shape index (κ2) is 8.18. The van der Waals surface area contributed by atoms with E-state index in [4.69, 9.17) is 11.6 Å². The maximum Gasteiger partial charge on any atom is 0.261 e. The fraction of sp³-hybridized carbons (Fsp3) is 0.0500. The lowest BCUT2D eigenvalue weighted by molar-refractivity contribution is 0.102. The largest absolute Gasteiger partial charge is 0.322 e. The van der Waals surface area contributed by atoms with Crippen molar-refractivity contribution >= 4 is 38.9 Å². The predicted octanol–water partition coefficient (Wildman–Crippen LogP) is 4.98. The molecule has 3 aromatic rings. The summed E-state index contributed by atoms with van der Waals surface area (Å²) >= 11 is 6.03. The van der Waals surface area contributed by atoms with Gasteiger partial charge in [0.1, 0.15) is 0 Å². The molecule has 0 radical (unpaired) electrons. The first kappa shape index (κ1) is 20.8. The Balaban J connectivity index is 1.75. The van der Waals surface area contributed by atoms with Crippen LogP contribution in [0.3, 0.4) is 0 Å². The molecule has 1 amide bonds. The number of hydrogen-bond donors (Lipinski definition) is 2. The van der Waals surface area contributed by atoms with Gasteiger partial charge < -0.3 is 5.32 Å². The Morgan fingerprint density at radius 2 is 1.66 bits per heavy atom. The summed E-state index contributed by atoms with van der Waals surface area (Å²) in [5, 5.41) is 3.25. The maximum atomic E-state index is 13.3. The molecule has 29 heavy (non-hydrogen) atoms. The third-order valence-corrected chi connectivity index (χ3v) is 5.90. The first-order chi connectivity index (χ1) is 13.7. The van der Waals surface area contributed by atoms with Gasteiger partial charge in [-0.2, -0.15) is 0 Å². The van der Waals surface area contributed by atoms with Crippen LogP contribution < -0.4 is 10.0 Å². The van der Waals surface area contributed by atoms with E-state index in [1.165, 1.54) is 24.3 Å². The Morgan fingerprint density at radius 1 is 0.966 bits per heavy atom. The van der Waals surface area contributed by atoms with Crippen molar-refractivity contribution in [1.82, 2.24) is 0 Å². The summed E-state index contributed by atoms with van der Waals surface area (Å²) in [6.07, 6.45) is 0. The Labute approximate surface area is 171 Å². The number of halogens is 3. The van der Waals surface area contributed by atoms with Gasteiger partial charge in [0.25, 0.3) is 15.9 Å². The molecule has 0 saturated heterocycles. The van der Waals surface area contributed by atoms with Gasteiger partial charge in [-0.1, -0.05) is 17.7 Å². The molecule has 0 aliphatic carbocycles. The molecule has 0 bridgehead atoms. The lowest BCUT2D eigenvalue weighted by atomic mass is 10.1. The number of nitrogens with one attached hydrogen (secondary N) is 2. The van der Waals surface area contributed by atoms with Crippen LogP contribution >= 0.6 is 11.6 Å². The molecular formula is C20H15ClF2N2O3S. The topological polar surface area (TPSA) is 75.3 Å². The summed E-state index contributed by atoms with van der Waals surface area (Å²) in [6.45, 7) is 1.77. The molecule has 2 N–H and O–H groups in total. The Morgan fingerprint density at radius 3 is 2.31 bits per heavy atom. The number of carbonyl (C=O) groups is 1. The minimum absolute atomic E-state index is 0.158. The minimum atomic E-state index is -4.12. The van der Waals surface area contributed by atoms with Crippen molar-refractivity contribution in [3.8, 4) is 0 Å². The van der Waals surface area contributed by atoms with E-state index in [9.17, 15) is 22.0 Å². The van der Waals surface area contributed by atoms with Crippen LogP contribution in [0.4, 0.5) is 20.2 Å². The van der Waals surface area contributed by atoms with E-state index >= 15 is 0 Å². The van der Waals surface area contributed by atoms with Gasteiger partial charge in [0.15, 0.2) is 11.6 Å². The van der Waals surface area contributed by atoms with Crippen LogP contribution in [-0.2, 0) is 10.0 Å². The van der Waals surface area contributed by atoms with Crippen molar-refractivity contribution in [2.45, 2.75) is 11.8 Å². The Hall–Kier alpha value is -2.97. The summed E-state index contributed by atoms with van der Waals surface area (Å²) in [6, 6.07) is 13.0. The monoisotopic (exact) mass is 436 g/mol. The first-order valence-electron chi connectivity index (χ1n) is 8.32. The van der Waals surface area contributed by atoms with E-state index in [2.05, 4.69) is 10.0 Å². The smallest absolute Gasteiger partial charge is 0.261 e. The van der Waals surface area contributed by atoms with Gasteiger partial charge in [-0.25, -0.2) is 17.2 Å². The van der Waals surface area contributed by atoms with Crippen molar-refractivity contribution in [3.63, 3.8) is 0 Å². The van der Waals surface area contributed by atoms with E-state index in [0.717, 1.165) is 17.7 Å². The van der Waals surface area contributed by atoms with Crippen LogP contribution in [0, 0.1) is 18.6 Å². The lowest BCUT2D eigenvalue weighted by Crippen LogP contribution is -2.15. The normalized spacial score (nSPS) is 11.2. The molecule has 9 heteroatoms. The number of carbonyl (C=O) groups excluding carboxylic acids is 1. The van der Waals surface area contributed by atoms with Gasteiger partial charge in [-0.15, -0.1) is 0 Å². The maximum absolute atomic E-state index is 13.3. The standard InChI is InChI=1S/C20H15ClF2N2O3S/c1-12-16(21)3-2-4-19(12)24-20(26)13-5-7-14(8-6-13)25-29(27,28)15-9-10-17(22)18(23)11-15/h2-11,25H,1H3,(H,24,26). The molecule has 150 valence electrons. The van der Waals surface area contributed by atoms with E-state index in [-0.39, 0.29) is 5.69 Å². The zero-order valence-electron chi connectivity index (χ0n) is 15.0. The summed E-state index contributed by atoms with van der Waals surface area (Å²) < 4.78 is 53.2. The summed E-state index contributed by atoms with van der Waals surface area (Å²) in [7, 11) is -4.12. The van der Waals surface area contributed by atoms with Crippen molar-refractivity contribution in [2.24, 2.45) is 0 Å². The number of amides is 1. The minimum Gasteiger partial charge on any atom is -0.322 e. The lowest BCUT2D eigenvalue weighted by Gasteiger charge is -2.11. The Bertz CT molecular complexity index is 1180. The van der Waals surface area contributed by atoms with Gasteiger partial charge in [0.05, 0.1) is 4.90 Å². The second-order valence-electron chi connectivity index (χ2n) is 6.13. The molecular weight excluding hydrogens is 422 g/mol. The number of benzene rings is 3. The van der Waals surface area contributed by atoms with Crippen LogP contribution in [0.2, 0.25) is 5.02 Å². The summed E-state index contributed by atoms with van der Waals surface area (Å²) in [5.74, 6) is -2.81. The van der Waals surface area contributed by atoms with E-state index in [1.54, 1.807) is 25.1 Å². The molecule has 0 atom stereocenters. The number of rotatable bonds is 5. The van der Waals surface area contributed by atoms with Gasteiger partial charge in [0, 0.05) is 22.0 Å². The molecule has 3 aromatic carbocycles. The quantitative estimate of drug-likeness (QED) is 0.592. The van der Waals surface area contributed by atoms with Crippen molar-refractivity contribution in [2.75, 3.05) is 10.0 Å². The number of hydrogen-bond acceptors (Lipinski definition) is 3. The zero-order valence-corrected chi connectivity index (χ0v) is 16.6. The third-order valence-electron chi connectivity index (χ3n) is 4.12. The van der Waals surface area contributed by atoms with Crippen molar-refractivity contribution in [3.05, 3.63) is 88.4 Å². The molecule has 0 unspecified atom stereocenters. The molecule has 0 spiro atoms. The molecule has 3 rings (SSSR count). The van der Waals surface area contributed by atoms with Gasteiger partial charge >= 0.3 is 0 Å². The Kier molecular flexibility index (Phi) is 5.86. The third kappa shape index (κ3) is 4.72. The average Bonchev–Trinajstić information content (AvgIpc) is 2.67. The van der Waals surface area contributed by atoms with Crippen LogP contribution in [0.25, 0.3) is 0 Å². The highest BCUT2D eigenvalue weighted by Gasteiger charge is 2.17. The van der Waals surface area contributed by atoms with E-state index < -0.39 is 32.5 Å². The van der Waals surface area contributed by atoms with Crippen molar-refractivity contribution in [1.29, 1.82) is 0 Å². The zero-order chi connectivity index (χ0) is 21.2. The van der Waals surface area contributed by atoms with Gasteiger partial charge in [0.2, 0.25) is 0 Å². The van der Waals surface area contributed by atoms with E-state index in [0.29, 0.717) is 22.3 Å². The van der Waals surface area contributed by atoms with Crippen molar-refractivity contribution < 1.29 is 22.0 Å². The molecule has 0 heterocycles. The summed E-state index contributed by atoms with van der Waals surface area (Å²) in [5.41, 5.74) is 1.73. The van der Waals surface area contributed by atoms with E-state index in [1.807, 2.05) is 0 Å². The first-order valence-corrected chi connectivity index (χ1v) is 10.2. The fourth-order valence-corrected chi connectivity index (χ4v) is 3.73. The van der Waals surface area contributed by atoms with Gasteiger partial charge in [-0.05, 0) is 67.1 Å². The van der Waals surface area contributed by atoms with Gasteiger partial charge in [-0.3, -0.25) is 9.52 Å². The SMILES string of the molecule is Cc1c(Cl)cccc1NC(=O)c1ccc(NS(=O)(=O)c2ccc(F)c(F)c2)cc1. The number of sulfonamides is 1. The highest BCUT2D eigenvalue weighted by molar-refractivity contribution is 7.92. The molecule has 0 aliphatic heterocycles. The summed E-state index contributed by atoms with van der Waals surface area (Å²) in [4.78, 5) is 12.0. The molecule has 0 saturated carbocycles. The average molecular weight is 437 g/mol. The van der Waals surface area contributed by atoms with Crippen LogP contribution in [0.1, 0.15) is 15.9 Å². The number of anilines is 2. The van der Waals surface area contributed by atoms with Crippen LogP contribution in [0.15, 0.2) is 65.6 Å². The molecule has 0 fully saturated rings. The predicted molar refractivity (Wildman–Crippen MR) is 108 cm³/mol. The second-order valence-corrected chi connectivity index (χ2v) is 8.21. The van der Waals surface area contributed by atoms with Crippen LogP contribution in [-0.4, -0.2) is 14.3 Å². The molecule has 5 nitrogen and oxygen atoms in total. The highest BCUT2D eigenvalue weighted by atomic mass is 35.5. The molecule has 0 aromatic heterocycles. The van der Waals surface area contributed by atoms with Crippen LogP contribution in [0.5, 0.6) is 0 Å². The fourth-order valence-electron chi connectivity index (χ4n) is 2.49.